The highest BCUT2D eigenvalue weighted by Gasteiger charge is 2.12. The molecule has 126 valence electrons. The van der Waals surface area contributed by atoms with Crippen molar-refractivity contribution in [3.63, 3.8) is 0 Å². The summed E-state index contributed by atoms with van der Waals surface area (Å²) in [4.78, 5) is 10.3. The van der Waals surface area contributed by atoms with Crippen LogP contribution in [0.1, 0.15) is 5.56 Å². The second-order valence-electron chi connectivity index (χ2n) is 5.12. The number of rotatable bonds is 5. The fraction of sp³-hybridized carbons (Fsp3) is 0.0588. The molecule has 0 amide bonds. The Balaban J connectivity index is 2.03. The number of methoxy groups -OCH3 is 1. The minimum absolute atomic E-state index is 0.00317. The summed E-state index contributed by atoms with van der Waals surface area (Å²) in [6.07, 6.45) is 2.97. The lowest BCUT2D eigenvalue weighted by molar-refractivity contribution is -0.384. The van der Waals surface area contributed by atoms with Crippen LogP contribution in [-0.2, 0) is 0 Å². The highest BCUT2D eigenvalue weighted by atomic mass is 16.6. The lowest BCUT2D eigenvalue weighted by Gasteiger charge is -2.02. The average molecular weight is 338 g/mol. The van der Waals surface area contributed by atoms with Crippen LogP contribution in [0, 0.1) is 10.1 Å². The first-order valence-corrected chi connectivity index (χ1v) is 7.28. The van der Waals surface area contributed by atoms with Crippen molar-refractivity contribution in [1.29, 1.82) is 0 Å². The van der Waals surface area contributed by atoms with E-state index in [-0.39, 0.29) is 5.69 Å². The van der Waals surface area contributed by atoms with E-state index in [2.05, 4.69) is 10.3 Å². The Bertz CT molecular complexity index is 915. The molecule has 0 atom stereocenters. The summed E-state index contributed by atoms with van der Waals surface area (Å²) in [6.45, 7) is 0. The molecule has 0 aliphatic carbocycles. The van der Waals surface area contributed by atoms with Gasteiger partial charge in [0.15, 0.2) is 0 Å². The maximum absolute atomic E-state index is 10.8. The summed E-state index contributed by atoms with van der Waals surface area (Å²) < 4.78 is 6.71. The van der Waals surface area contributed by atoms with Crippen molar-refractivity contribution in [2.45, 2.75) is 0 Å². The largest absolute Gasteiger partial charge is 0.497 e. The number of oxime groups is 1. The number of aromatic nitrogens is 2. The third kappa shape index (κ3) is 3.32. The van der Waals surface area contributed by atoms with Gasteiger partial charge in [0.25, 0.3) is 5.69 Å². The molecule has 1 N–H and O–H groups in total. The van der Waals surface area contributed by atoms with Gasteiger partial charge in [-0.15, -0.1) is 0 Å². The fourth-order valence-corrected chi connectivity index (χ4v) is 2.38. The van der Waals surface area contributed by atoms with Gasteiger partial charge in [-0.3, -0.25) is 10.1 Å². The third-order valence-electron chi connectivity index (χ3n) is 3.63. The van der Waals surface area contributed by atoms with E-state index in [4.69, 9.17) is 9.94 Å². The molecule has 0 aliphatic heterocycles. The van der Waals surface area contributed by atoms with Crippen LogP contribution in [0.25, 0.3) is 16.9 Å². The van der Waals surface area contributed by atoms with E-state index in [9.17, 15) is 10.1 Å². The maximum Gasteiger partial charge on any atom is 0.269 e. The second kappa shape index (κ2) is 6.83. The number of non-ortho nitro benzene ring substituents is 1. The van der Waals surface area contributed by atoms with E-state index < -0.39 is 4.92 Å². The van der Waals surface area contributed by atoms with Gasteiger partial charge in [-0.05, 0) is 36.4 Å². The normalized spacial score (nSPS) is 10.9. The van der Waals surface area contributed by atoms with E-state index in [0.29, 0.717) is 16.9 Å². The van der Waals surface area contributed by atoms with Crippen LogP contribution in [0.15, 0.2) is 59.9 Å². The van der Waals surface area contributed by atoms with Crippen molar-refractivity contribution in [2.75, 3.05) is 7.11 Å². The molecular weight excluding hydrogens is 324 g/mol. The fourth-order valence-electron chi connectivity index (χ4n) is 2.38. The quantitative estimate of drug-likeness (QED) is 0.333. The van der Waals surface area contributed by atoms with E-state index in [1.807, 2.05) is 12.1 Å². The van der Waals surface area contributed by atoms with Crippen LogP contribution in [0.3, 0.4) is 0 Å². The van der Waals surface area contributed by atoms with Crippen LogP contribution in [0.2, 0.25) is 0 Å². The molecule has 8 nitrogen and oxygen atoms in total. The third-order valence-corrected chi connectivity index (χ3v) is 3.63. The van der Waals surface area contributed by atoms with E-state index in [0.717, 1.165) is 11.3 Å². The SMILES string of the molecule is COc1ccc(-c2nn(-c3ccc([N+](=O)[O-])cc3)cc2/C=N/O)cc1. The van der Waals surface area contributed by atoms with Gasteiger partial charge in [0.2, 0.25) is 0 Å². The van der Waals surface area contributed by atoms with Gasteiger partial charge in [-0.25, -0.2) is 4.68 Å². The van der Waals surface area contributed by atoms with Crippen LogP contribution in [-0.4, -0.2) is 33.2 Å². The average Bonchev–Trinajstić information content (AvgIpc) is 3.06. The van der Waals surface area contributed by atoms with Gasteiger partial charge in [-0.2, -0.15) is 5.10 Å². The van der Waals surface area contributed by atoms with Gasteiger partial charge < -0.3 is 9.94 Å². The number of hydrogen-bond donors (Lipinski definition) is 1. The van der Waals surface area contributed by atoms with Crippen LogP contribution >= 0.6 is 0 Å². The van der Waals surface area contributed by atoms with Crippen molar-refractivity contribution in [2.24, 2.45) is 5.16 Å². The van der Waals surface area contributed by atoms with Crippen molar-refractivity contribution < 1.29 is 14.9 Å². The molecule has 0 radical (unpaired) electrons. The predicted octanol–water partition coefficient (Wildman–Crippen LogP) is 3.26. The summed E-state index contributed by atoms with van der Waals surface area (Å²) in [5, 5.41) is 27.2. The van der Waals surface area contributed by atoms with Crippen LogP contribution in [0.4, 0.5) is 5.69 Å². The topological polar surface area (TPSA) is 103 Å². The zero-order chi connectivity index (χ0) is 17.8. The van der Waals surface area contributed by atoms with Crippen molar-refractivity contribution >= 4 is 11.9 Å². The van der Waals surface area contributed by atoms with Gasteiger partial charge in [-0.1, -0.05) is 5.16 Å². The molecule has 0 unspecified atom stereocenters. The number of nitro benzene ring substituents is 1. The maximum atomic E-state index is 10.8. The highest BCUT2D eigenvalue weighted by Crippen LogP contribution is 2.25. The molecule has 1 aromatic heterocycles. The first kappa shape index (κ1) is 16.2. The van der Waals surface area contributed by atoms with Crippen LogP contribution < -0.4 is 4.74 Å². The Hall–Kier alpha value is -3.68. The number of nitrogens with zero attached hydrogens (tertiary/aromatic N) is 4. The molecule has 2 aromatic carbocycles. The summed E-state index contributed by atoms with van der Waals surface area (Å²) in [5.74, 6) is 0.718. The van der Waals surface area contributed by atoms with E-state index >= 15 is 0 Å². The molecule has 0 fully saturated rings. The first-order chi connectivity index (χ1) is 12.1. The summed E-state index contributed by atoms with van der Waals surface area (Å²) in [6, 6.07) is 13.3. The molecule has 8 heteroatoms. The second-order valence-corrected chi connectivity index (χ2v) is 5.12. The smallest absolute Gasteiger partial charge is 0.269 e. The molecule has 0 saturated heterocycles. The molecule has 0 bridgehead atoms. The molecule has 3 rings (SSSR count). The Kier molecular flexibility index (Phi) is 4.42. The molecule has 0 spiro atoms. The van der Waals surface area contributed by atoms with E-state index in [1.165, 1.54) is 18.3 Å². The van der Waals surface area contributed by atoms with Gasteiger partial charge in [0.05, 0.1) is 23.9 Å². The Labute approximate surface area is 142 Å². The van der Waals surface area contributed by atoms with Gasteiger partial charge >= 0.3 is 0 Å². The summed E-state index contributed by atoms with van der Waals surface area (Å²) in [5.41, 5.74) is 2.68. The molecule has 0 aliphatic rings. The predicted molar refractivity (Wildman–Crippen MR) is 91.6 cm³/mol. The standard InChI is InChI=1S/C17H14N4O4/c1-25-16-8-2-12(3-9-16)17-13(10-18-22)11-20(19-17)14-4-6-15(7-5-14)21(23)24/h2-11,22H,1H3/b18-10+. The lowest BCUT2D eigenvalue weighted by Crippen LogP contribution is -1.95. The van der Waals surface area contributed by atoms with Gasteiger partial charge in [0.1, 0.15) is 11.4 Å². The Morgan fingerprint density at radius 1 is 1.20 bits per heavy atom. The monoisotopic (exact) mass is 338 g/mol. The lowest BCUT2D eigenvalue weighted by atomic mass is 10.1. The highest BCUT2D eigenvalue weighted by molar-refractivity contribution is 5.88. The first-order valence-electron chi connectivity index (χ1n) is 7.28. The molecule has 1 heterocycles. The Morgan fingerprint density at radius 3 is 2.44 bits per heavy atom. The number of ether oxygens (including phenoxy) is 1. The summed E-state index contributed by atoms with van der Waals surface area (Å²) >= 11 is 0. The number of benzene rings is 2. The van der Waals surface area contributed by atoms with Crippen molar-refractivity contribution in [3.8, 4) is 22.7 Å². The van der Waals surface area contributed by atoms with Crippen molar-refractivity contribution in [1.82, 2.24) is 9.78 Å². The zero-order valence-corrected chi connectivity index (χ0v) is 13.2. The summed E-state index contributed by atoms with van der Waals surface area (Å²) in [7, 11) is 1.59. The zero-order valence-electron chi connectivity index (χ0n) is 13.2. The minimum atomic E-state index is -0.459. The molecule has 3 aromatic rings. The Morgan fingerprint density at radius 2 is 1.88 bits per heavy atom. The van der Waals surface area contributed by atoms with E-state index in [1.54, 1.807) is 42.3 Å². The number of hydrogen-bond acceptors (Lipinski definition) is 6. The number of nitro groups is 1. The molecular formula is C17H14N4O4. The van der Waals surface area contributed by atoms with Crippen molar-refractivity contribution in [3.05, 3.63) is 70.4 Å². The molecule has 0 saturated carbocycles. The van der Waals surface area contributed by atoms with Crippen LogP contribution in [0.5, 0.6) is 5.75 Å². The van der Waals surface area contributed by atoms with Gasteiger partial charge in [0, 0.05) is 29.5 Å². The molecule has 25 heavy (non-hydrogen) atoms. The minimum Gasteiger partial charge on any atom is -0.497 e.